The van der Waals surface area contributed by atoms with E-state index < -0.39 is 11.8 Å². The maximum Gasteiger partial charge on any atom is 0.379 e. The van der Waals surface area contributed by atoms with Gasteiger partial charge in [0.2, 0.25) is 0 Å². The van der Waals surface area contributed by atoms with Crippen LogP contribution in [0.15, 0.2) is 23.1 Å². The van der Waals surface area contributed by atoms with Gasteiger partial charge in [0.05, 0.1) is 6.61 Å². The third kappa shape index (κ3) is 2.64. The lowest BCUT2D eigenvalue weighted by atomic mass is 10.1. The highest BCUT2D eigenvalue weighted by atomic mass is 32.2. The Morgan fingerprint density at radius 1 is 1.38 bits per heavy atom. The van der Waals surface area contributed by atoms with Gasteiger partial charge in [0.15, 0.2) is 0 Å². The Morgan fingerprint density at radius 3 is 2.62 bits per heavy atom. The van der Waals surface area contributed by atoms with Gasteiger partial charge in [-0.15, -0.1) is 11.8 Å². The summed E-state index contributed by atoms with van der Waals surface area (Å²) in [6.45, 7) is 3.72. The summed E-state index contributed by atoms with van der Waals surface area (Å²) in [7, 11) is 0. The van der Waals surface area contributed by atoms with Crippen molar-refractivity contribution in [1.29, 1.82) is 0 Å². The van der Waals surface area contributed by atoms with E-state index in [2.05, 4.69) is 0 Å². The highest BCUT2D eigenvalue weighted by Crippen LogP contribution is 2.23. The van der Waals surface area contributed by atoms with Crippen molar-refractivity contribution in [1.82, 2.24) is 0 Å². The monoisotopic (exact) mass is 238 g/mol. The molecule has 1 aromatic carbocycles. The molecule has 0 amide bonds. The maximum atomic E-state index is 11.7. The molecule has 0 spiro atoms. The highest BCUT2D eigenvalue weighted by Gasteiger charge is 2.20. The number of ketones is 1. The molecule has 86 valence electrons. The standard InChI is InChI=1S/C12H14O3S/c1-4-15-12(14)11(13)9-6-5-7-10(16-3)8(9)2/h5-7H,4H2,1-3H3. The summed E-state index contributed by atoms with van der Waals surface area (Å²) in [4.78, 5) is 24.1. The van der Waals surface area contributed by atoms with Gasteiger partial charge in [-0.2, -0.15) is 0 Å². The molecule has 0 atom stereocenters. The lowest BCUT2D eigenvalue weighted by Crippen LogP contribution is -2.18. The van der Waals surface area contributed by atoms with Gasteiger partial charge in [0.1, 0.15) is 0 Å². The Bertz CT molecular complexity index is 413. The van der Waals surface area contributed by atoms with E-state index in [0.29, 0.717) is 5.56 Å². The first-order valence-corrected chi connectivity index (χ1v) is 6.19. The lowest BCUT2D eigenvalue weighted by molar-refractivity contribution is -0.137. The minimum atomic E-state index is -0.788. The van der Waals surface area contributed by atoms with E-state index in [0.717, 1.165) is 10.5 Å². The quantitative estimate of drug-likeness (QED) is 0.350. The van der Waals surface area contributed by atoms with Crippen molar-refractivity contribution >= 4 is 23.5 Å². The molecule has 16 heavy (non-hydrogen) atoms. The number of carbonyl (C=O) groups excluding carboxylic acids is 2. The molecule has 0 aromatic heterocycles. The summed E-state index contributed by atoms with van der Waals surface area (Å²) in [5.74, 6) is -1.36. The first kappa shape index (κ1) is 12.8. The maximum absolute atomic E-state index is 11.7. The average Bonchev–Trinajstić information content (AvgIpc) is 2.29. The van der Waals surface area contributed by atoms with Crippen LogP contribution in [0.4, 0.5) is 0 Å². The first-order valence-electron chi connectivity index (χ1n) is 4.96. The Labute approximate surface area is 99.2 Å². The van der Waals surface area contributed by atoms with Gasteiger partial charge >= 0.3 is 5.97 Å². The molecule has 0 unspecified atom stereocenters. The average molecular weight is 238 g/mol. The fourth-order valence-electron chi connectivity index (χ4n) is 1.39. The second kappa shape index (κ2) is 5.70. The van der Waals surface area contributed by atoms with E-state index in [9.17, 15) is 9.59 Å². The number of hydrogen-bond donors (Lipinski definition) is 0. The SMILES string of the molecule is CCOC(=O)C(=O)c1cccc(SC)c1C. The van der Waals surface area contributed by atoms with Crippen molar-refractivity contribution in [2.75, 3.05) is 12.9 Å². The van der Waals surface area contributed by atoms with E-state index in [4.69, 9.17) is 4.74 Å². The van der Waals surface area contributed by atoms with Crippen LogP contribution in [0.1, 0.15) is 22.8 Å². The topological polar surface area (TPSA) is 43.4 Å². The van der Waals surface area contributed by atoms with Gasteiger partial charge in [-0.25, -0.2) is 4.79 Å². The van der Waals surface area contributed by atoms with Crippen LogP contribution < -0.4 is 0 Å². The zero-order chi connectivity index (χ0) is 12.1. The molecule has 0 aliphatic carbocycles. The molecule has 0 N–H and O–H groups in total. The molecular formula is C12H14O3S. The molecule has 0 saturated carbocycles. The smallest absolute Gasteiger partial charge is 0.379 e. The van der Waals surface area contributed by atoms with Crippen molar-refractivity contribution in [2.24, 2.45) is 0 Å². The summed E-state index contributed by atoms with van der Waals surface area (Å²) in [6.07, 6.45) is 1.93. The third-order valence-electron chi connectivity index (χ3n) is 2.21. The normalized spacial score (nSPS) is 9.94. The minimum Gasteiger partial charge on any atom is -0.460 e. The molecule has 0 aliphatic rings. The van der Waals surface area contributed by atoms with E-state index in [1.54, 1.807) is 30.8 Å². The fourth-order valence-corrected chi connectivity index (χ4v) is 2.02. The van der Waals surface area contributed by atoms with E-state index in [1.807, 2.05) is 19.2 Å². The van der Waals surface area contributed by atoms with Crippen LogP contribution in [0.5, 0.6) is 0 Å². The molecule has 1 rings (SSSR count). The van der Waals surface area contributed by atoms with E-state index in [1.165, 1.54) is 0 Å². The molecule has 0 bridgehead atoms. The Hall–Kier alpha value is -1.29. The summed E-state index contributed by atoms with van der Waals surface area (Å²) in [6, 6.07) is 5.33. The number of Topliss-reactive ketones (excluding diaryl/α,β-unsaturated/α-hetero) is 1. The summed E-state index contributed by atoms with van der Waals surface area (Å²) in [5, 5.41) is 0. The van der Waals surface area contributed by atoms with Gasteiger partial charge in [-0.05, 0) is 31.7 Å². The van der Waals surface area contributed by atoms with Gasteiger partial charge in [0.25, 0.3) is 5.78 Å². The van der Waals surface area contributed by atoms with Crippen molar-refractivity contribution in [3.63, 3.8) is 0 Å². The molecule has 3 nitrogen and oxygen atoms in total. The third-order valence-corrected chi connectivity index (χ3v) is 3.09. The Morgan fingerprint density at radius 2 is 2.06 bits per heavy atom. The highest BCUT2D eigenvalue weighted by molar-refractivity contribution is 7.98. The number of rotatable bonds is 4. The number of hydrogen-bond acceptors (Lipinski definition) is 4. The summed E-state index contributed by atoms with van der Waals surface area (Å²) >= 11 is 1.55. The number of benzene rings is 1. The van der Waals surface area contributed by atoms with Crippen LogP contribution >= 0.6 is 11.8 Å². The van der Waals surface area contributed by atoms with Gasteiger partial charge in [-0.1, -0.05) is 12.1 Å². The van der Waals surface area contributed by atoms with Crippen LogP contribution in [-0.2, 0) is 9.53 Å². The zero-order valence-corrected chi connectivity index (χ0v) is 10.4. The molecule has 0 fully saturated rings. The molecular weight excluding hydrogens is 224 g/mol. The zero-order valence-electron chi connectivity index (χ0n) is 9.57. The molecule has 0 radical (unpaired) electrons. The molecule has 1 aromatic rings. The predicted octanol–water partition coefficient (Wildman–Crippen LogP) is 2.46. The summed E-state index contributed by atoms with van der Waals surface area (Å²) < 4.78 is 4.69. The fraction of sp³-hybridized carbons (Fsp3) is 0.333. The van der Waals surface area contributed by atoms with Crippen LogP contribution in [-0.4, -0.2) is 24.6 Å². The minimum absolute atomic E-state index is 0.214. The van der Waals surface area contributed by atoms with Gasteiger partial charge < -0.3 is 4.74 Å². The van der Waals surface area contributed by atoms with Gasteiger partial charge in [0, 0.05) is 10.5 Å². The molecule has 0 saturated heterocycles. The van der Waals surface area contributed by atoms with Crippen molar-refractivity contribution in [3.8, 4) is 0 Å². The lowest BCUT2D eigenvalue weighted by Gasteiger charge is -2.07. The summed E-state index contributed by atoms with van der Waals surface area (Å²) in [5.41, 5.74) is 1.25. The number of thioether (sulfide) groups is 1. The Balaban J connectivity index is 3.04. The van der Waals surface area contributed by atoms with Crippen molar-refractivity contribution < 1.29 is 14.3 Å². The first-order chi connectivity index (χ1) is 7.61. The van der Waals surface area contributed by atoms with E-state index in [-0.39, 0.29) is 6.61 Å². The number of ether oxygens (including phenoxy) is 1. The van der Waals surface area contributed by atoms with Crippen LogP contribution in [0.2, 0.25) is 0 Å². The number of carbonyl (C=O) groups is 2. The Kier molecular flexibility index (Phi) is 4.55. The van der Waals surface area contributed by atoms with E-state index >= 15 is 0 Å². The van der Waals surface area contributed by atoms with Crippen molar-refractivity contribution in [2.45, 2.75) is 18.7 Å². The second-order valence-electron chi connectivity index (χ2n) is 3.18. The molecule has 0 aliphatic heterocycles. The largest absolute Gasteiger partial charge is 0.460 e. The molecule has 4 heteroatoms. The van der Waals surface area contributed by atoms with Crippen molar-refractivity contribution in [3.05, 3.63) is 29.3 Å². The van der Waals surface area contributed by atoms with Crippen LogP contribution in [0.3, 0.4) is 0 Å². The van der Waals surface area contributed by atoms with Crippen LogP contribution in [0, 0.1) is 6.92 Å². The predicted molar refractivity (Wildman–Crippen MR) is 63.9 cm³/mol. The van der Waals surface area contributed by atoms with Crippen LogP contribution in [0.25, 0.3) is 0 Å². The second-order valence-corrected chi connectivity index (χ2v) is 4.03. The molecule has 0 heterocycles. The van der Waals surface area contributed by atoms with Gasteiger partial charge in [-0.3, -0.25) is 4.79 Å². The number of esters is 1.